The molecule has 1 aliphatic rings. The van der Waals surface area contributed by atoms with Gasteiger partial charge >= 0.3 is 0 Å². The first-order valence-electron chi connectivity index (χ1n) is 5.81. The van der Waals surface area contributed by atoms with Crippen molar-refractivity contribution in [1.29, 1.82) is 0 Å². The number of ether oxygens (including phenoxy) is 1. The molecule has 2 unspecified atom stereocenters. The minimum Gasteiger partial charge on any atom is -0.375 e. The third kappa shape index (κ3) is 4.40. The minimum absolute atomic E-state index is 0.408. The second kappa shape index (κ2) is 6.38. The quantitative estimate of drug-likeness (QED) is 0.657. The molecule has 1 rings (SSSR count). The van der Waals surface area contributed by atoms with E-state index in [2.05, 4.69) is 19.2 Å². The SMILES string of the molecule is CC1CC(NCCCCN)CC(C)O1. The summed E-state index contributed by atoms with van der Waals surface area (Å²) < 4.78 is 5.68. The van der Waals surface area contributed by atoms with Crippen LogP contribution < -0.4 is 11.1 Å². The maximum Gasteiger partial charge on any atom is 0.0565 e. The van der Waals surface area contributed by atoms with Crippen LogP contribution in [0.2, 0.25) is 0 Å². The Balaban J connectivity index is 2.10. The van der Waals surface area contributed by atoms with Crippen LogP contribution >= 0.6 is 0 Å². The summed E-state index contributed by atoms with van der Waals surface area (Å²) in [6.07, 6.45) is 5.43. The first-order chi connectivity index (χ1) is 6.72. The van der Waals surface area contributed by atoms with Gasteiger partial charge in [0.05, 0.1) is 12.2 Å². The first-order valence-corrected chi connectivity index (χ1v) is 5.81. The number of hydrogen-bond donors (Lipinski definition) is 2. The summed E-state index contributed by atoms with van der Waals surface area (Å²) in [6, 6.07) is 0.645. The largest absolute Gasteiger partial charge is 0.375 e. The molecule has 84 valence electrons. The van der Waals surface area contributed by atoms with Gasteiger partial charge in [0, 0.05) is 6.04 Å². The van der Waals surface area contributed by atoms with E-state index in [1.165, 1.54) is 6.42 Å². The molecule has 3 nitrogen and oxygen atoms in total. The van der Waals surface area contributed by atoms with Gasteiger partial charge in [0.15, 0.2) is 0 Å². The van der Waals surface area contributed by atoms with E-state index in [4.69, 9.17) is 10.5 Å². The van der Waals surface area contributed by atoms with Crippen LogP contribution in [0.3, 0.4) is 0 Å². The molecule has 0 radical (unpaired) electrons. The maximum absolute atomic E-state index is 5.68. The molecule has 0 spiro atoms. The highest BCUT2D eigenvalue weighted by Crippen LogP contribution is 2.18. The van der Waals surface area contributed by atoms with Gasteiger partial charge in [0.25, 0.3) is 0 Å². The van der Waals surface area contributed by atoms with Crippen molar-refractivity contribution in [3.63, 3.8) is 0 Å². The molecule has 0 aromatic carbocycles. The predicted molar refractivity (Wildman–Crippen MR) is 59.3 cm³/mol. The first kappa shape index (κ1) is 12.0. The molecule has 1 heterocycles. The number of hydrogen-bond acceptors (Lipinski definition) is 3. The molecule has 3 heteroatoms. The Labute approximate surface area is 87.4 Å². The highest BCUT2D eigenvalue weighted by Gasteiger charge is 2.23. The molecule has 0 amide bonds. The Hall–Kier alpha value is -0.120. The molecule has 0 bridgehead atoms. The highest BCUT2D eigenvalue weighted by molar-refractivity contribution is 4.78. The molecule has 2 atom stereocenters. The van der Waals surface area contributed by atoms with E-state index in [-0.39, 0.29) is 0 Å². The van der Waals surface area contributed by atoms with E-state index in [1.54, 1.807) is 0 Å². The second-order valence-electron chi connectivity index (χ2n) is 4.38. The van der Waals surface area contributed by atoms with Crippen molar-refractivity contribution in [1.82, 2.24) is 5.32 Å². The lowest BCUT2D eigenvalue weighted by atomic mass is 10.00. The molecule has 0 aliphatic carbocycles. The van der Waals surface area contributed by atoms with Gasteiger partial charge in [-0.25, -0.2) is 0 Å². The van der Waals surface area contributed by atoms with E-state index < -0.39 is 0 Å². The smallest absolute Gasteiger partial charge is 0.0565 e. The molecular formula is C11H24N2O. The number of rotatable bonds is 5. The summed E-state index contributed by atoms with van der Waals surface area (Å²) in [5.74, 6) is 0. The van der Waals surface area contributed by atoms with Crippen LogP contribution in [0.5, 0.6) is 0 Å². The van der Waals surface area contributed by atoms with Gasteiger partial charge in [0.1, 0.15) is 0 Å². The van der Waals surface area contributed by atoms with Gasteiger partial charge < -0.3 is 15.8 Å². The summed E-state index contributed by atoms with van der Waals surface area (Å²) in [5, 5.41) is 3.58. The summed E-state index contributed by atoms with van der Waals surface area (Å²) in [6.45, 7) is 6.22. The van der Waals surface area contributed by atoms with Crippen molar-refractivity contribution in [2.45, 2.75) is 57.8 Å². The highest BCUT2D eigenvalue weighted by atomic mass is 16.5. The molecule has 1 fully saturated rings. The fourth-order valence-corrected chi connectivity index (χ4v) is 2.15. The van der Waals surface area contributed by atoms with Gasteiger partial charge in [-0.3, -0.25) is 0 Å². The van der Waals surface area contributed by atoms with E-state index in [0.29, 0.717) is 18.2 Å². The average Bonchev–Trinajstić information content (AvgIpc) is 2.11. The summed E-state index contributed by atoms with van der Waals surface area (Å²) >= 11 is 0. The molecule has 3 N–H and O–H groups in total. The van der Waals surface area contributed by atoms with Crippen LogP contribution in [0.15, 0.2) is 0 Å². The lowest BCUT2D eigenvalue weighted by Crippen LogP contribution is -2.41. The van der Waals surface area contributed by atoms with Gasteiger partial charge in [0.2, 0.25) is 0 Å². The zero-order chi connectivity index (χ0) is 10.4. The molecule has 0 saturated carbocycles. The monoisotopic (exact) mass is 200 g/mol. The molecule has 1 aliphatic heterocycles. The van der Waals surface area contributed by atoms with Crippen molar-refractivity contribution in [2.75, 3.05) is 13.1 Å². The second-order valence-corrected chi connectivity index (χ2v) is 4.38. The van der Waals surface area contributed by atoms with Crippen molar-refractivity contribution in [3.05, 3.63) is 0 Å². The Morgan fingerprint density at radius 1 is 1.21 bits per heavy atom. The van der Waals surface area contributed by atoms with Crippen molar-refractivity contribution in [2.24, 2.45) is 5.73 Å². The van der Waals surface area contributed by atoms with Gasteiger partial charge in [-0.1, -0.05) is 0 Å². The summed E-state index contributed by atoms with van der Waals surface area (Å²) in [7, 11) is 0. The summed E-state index contributed by atoms with van der Waals surface area (Å²) in [5.41, 5.74) is 5.44. The van der Waals surface area contributed by atoms with Crippen LogP contribution in [0.4, 0.5) is 0 Å². The summed E-state index contributed by atoms with van der Waals surface area (Å²) in [4.78, 5) is 0. The topological polar surface area (TPSA) is 47.3 Å². The zero-order valence-electron chi connectivity index (χ0n) is 9.46. The Morgan fingerprint density at radius 3 is 2.43 bits per heavy atom. The van der Waals surface area contributed by atoms with Crippen LogP contribution in [-0.4, -0.2) is 31.3 Å². The van der Waals surface area contributed by atoms with Crippen molar-refractivity contribution < 1.29 is 4.74 Å². The predicted octanol–water partition coefficient (Wildman–Crippen LogP) is 1.27. The van der Waals surface area contributed by atoms with Gasteiger partial charge in [-0.15, -0.1) is 0 Å². The van der Waals surface area contributed by atoms with Crippen molar-refractivity contribution in [3.8, 4) is 0 Å². The van der Waals surface area contributed by atoms with Crippen LogP contribution in [-0.2, 0) is 4.74 Å². The maximum atomic E-state index is 5.68. The Morgan fingerprint density at radius 2 is 1.86 bits per heavy atom. The molecule has 14 heavy (non-hydrogen) atoms. The lowest BCUT2D eigenvalue weighted by Gasteiger charge is -2.32. The van der Waals surface area contributed by atoms with E-state index in [1.807, 2.05) is 0 Å². The van der Waals surface area contributed by atoms with E-state index >= 15 is 0 Å². The standard InChI is InChI=1S/C11H24N2O/c1-9-7-11(8-10(2)14-9)13-6-4-3-5-12/h9-11,13H,3-8,12H2,1-2H3. The Kier molecular flexibility index (Phi) is 5.45. The number of nitrogens with two attached hydrogens (primary N) is 1. The Bertz CT molecular complexity index is 142. The van der Waals surface area contributed by atoms with Gasteiger partial charge in [-0.05, 0) is 52.6 Å². The lowest BCUT2D eigenvalue weighted by molar-refractivity contribution is -0.0419. The fraction of sp³-hybridized carbons (Fsp3) is 1.00. The average molecular weight is 200 g/mol. The van der Waals surface area contributed by atoms with Gasteiger partial charge in [-0.2, -0.15) is 0 Å². The van der Waals surface area contributed by atoms with Crippen molar-refractivity contribution >= 4 is 0 Å². The minimum atomic E-state index is 0.408. The molecular weight excluding hydrogens is 176 g/mol. The molecule has 1 saturated heterocycles. The third-order valence-corrected chi connectivity index (χ3v) is 2.76. The molecule has 0 aromatic heterocycles. The number of unbranched alkanes of at least 4 members (excludes halogenated alkanes) is 1. The van der Waals surface area contributed by atoms with Crippen LogP contribution in [0.1, 0.15) is 39.5 Å². The normalized spacial score (nSPS) is 33.2. The van der Waals surface area contributed by atoms with E-state index in [0.717, 1.165) is 32.4 Å². The van der Waals surface area contributed by atoms with E-state index in [9.17, 15) is 0 Å². The van der Waals surface area contributed by atoms with Crippen LogP contribution in [0.25, 0.3) is 0 Å². The van der Waals surface area contributed by atoms with Crippen LogP contribution in [0, 0.1) is 0 Å². The molecule has 0 aromatic rings. The number of nitrogens with one attached hydrogen (secondary N) is 1. The third-order valence-electron chi connectivity index (χ3n) is 2.76. The fourth-order valence-electron chi connectivity index (χ4n) is 2.15. The zero-order valence-corrected chi connectivity index (χ0v) is 9.46.